The molecule has 27 heavy (non-hydrogen) atoms. The van der Waals surface area contributed by atoms with Crippen molar-refractivity contribution in [1.82, 2.24) is 5.32 Å². The molecular formula is C21H21NO5. The van der Waals surface area contributed by atoms with Gasteiger partial charge < -0.3 is 19.5 Å². The van der Waals surface area contributed by atoms with Crippen LogP contribution in [0.4, 0.5) is 0 Å². The van der Waals surface area contributed by atoms with E-state index in [9.17, 15) is 9.59 Å². The first-order valence-electron chi connectivity index (χ1n) is 8.71. The van der Waals surface area contributed by atoms with Gasteiger partial charge in [0, 0.05) is 0 Å². The number of esters is 1. The topological polar surface area (TPSA) is 73.9 Å². The molecule has 1 aliphatic rings. The Bertz CT molecular complexity index is 764. The Morgan fingerprint density at radius 1 is 0.963 bits per heavy atom. The second-order valence-electron chi connectivity index (χ2n) is 6.01. The molecule has 1 heterocycles. The van der Waals surface area contributed by atoms with E-state index in [1.165, 1.54) is 13.2 Å². The standard InChI is InChI=1S/C21H21NO5/c1-15(27-21(24)18-14-25-12-13-26-18)20(23)22-19(16-8-4-2-5-9-16)17-10-6-3-7-11-17/h2-11,14-15,19H,12-13H2,1H3,(H,22,23). The molecule has 0 aliphatic carbocycles. The monoisotopic (exact) mass is 367 g/mol. The zero-order valence-electron chi connectivity index (χ0n) is 15.0. The molecule has 0 bridgehead atoms. The molecule has 3 rings (SSSR count). The molecule has 0 saturated carbocycles. The van der Waals surface area contributed by atoms with Gasteiger partial charge in [0.25, 0.3) is 5.91 Å². The van der Waals surface area contributed by atoms with Crippen LogP contribution in [0.1, 0.15) is 24.1 Å². The molecule has 0 radical (unpaired) electrons. The average Bonchev–Trinajstić information content (AvgIpc) is 2.73. The second-order valence-corrected chi connectivity index (χ2v) is 6.01. The summed E-state index contributed by atoms with van der Waals surface area (Å²) in [5.41, 5.74) is 1.87. The molecule has 0 aromatic heterocycles. The molecule has 2 aromatic rings. The third-order valence-corrected chi connectivity index (χ3v) is 4.06. The third-order valence-electron chi connectivity index (χ3n) is 4.06. The highest BCUT2D eigenvalue weighted by Crippen LogP contribution is 2.22. The van der Waals surface area contributed by atoms with Crippen LogP contribution in [0.3, 0.4) is 0 Å². The van der Waals surface area contributed by atoms with Crippen LogP contribution < -0.4 is 5.32 Å². The zero-order valence-corrected chi connectivity index (χ0v) is 15.0. The summed E-state index contributed by atoms with van der Waals surface area (Å²) in [6.45, 7) is 2.17. The smallest absolute Gasteiger partial charge is 0.377 e. The number of amides is 1. The molecule has 0 spiro atoms. The van der Waals surface area contributed by atoms with Crippen molar-refractivity contribution in [3.05, 3.63) is 83.8 Å². The van der Waals surface area contributed by atoms with Gasteiger partial charge in [0.05, 0.1) is 6.04 Å². The minimum absolute atomic E-state index is 0.0384. The van der Waals surface area contributed by atoms with Gasteiger partial charge in [0.1, 0.15) is 19.5 Å². The number of carbonyl (C=O) groups excluding carboxylic acids is 2. The van der Waals surface area contributed by atoms with Crippen LogP contribution in [0, 0.1) is 0 Å². The van der Waals surface area contributed by atoms with Gasteiger partial charge in [0.15, 0.2) is 6.10 Å². The van der Waals surface area contributed by atoms with Crippen LogP contribution in [0.15, 0.2) is 72.7 Å². The van der Waals surface area contributed by atoms with Crippen molar-refractivity contribution < 1.29 is 23.8 Å². The number of nitrogens with one attached hydrogen (secondary N) is 1. The van der Waals surface area contributed by atoms with E-state index >= 15 is 0 Å². The minimum Gasteiger partial charge on any atom is -0.493 e. The van der Waals surface area contributed by atoms with Crippen molar-refractivity contribution in [3.63, 3.8) is 0 Å². The Morgan fingerprint density at radius 2 is 1.56 bits per heavy atom. The molecule has 6 heteroatoms. The molecule has 2 aromatic carbocycles. The summed E-state index contributed by atoms with van der Waals surface area (Å²) in [7, 11) is 0. The van der Waals surface area contributed by atoms with E-state index < -0.39 is 18.0 Å². The van der Waals surface area contributed by atoms with Crippen molar-refractivity contribution in [2.45, 2.75) is 19.1 Å². The highest BCUT2D eigenvalue weighted by Gasteiger charge is 2.25. The quantitative estimate of drug-likeness (QED) is 0.795. The van der Waals surface area contributed by atoms with E-state index in [-0.39, 0.29) is 18.4 Å². The van der Waals surface area contributed by atoms with Gasteiger partial charge in [-0.05, 0) is 18.1 Å². The molecule has 1 amide bonds. The molecule has 1 aliphatic heterocycles. The SMILES string of the molecule is CC(OC(=O)C1=COCCO1)C(=O)NC(c1ccccc1)c1ccccc1. The molecule has 1 unspecified atom stereocenters. The van der Waals surface area contributed by atoms with Gasteiger partial charge in [-0.3, -0.25) is 4.79 Å². The maximum Gasteiger partial charge on any atom is 0.377 e. The zero-order chi connectivity index (χ0) is 19.1. The van der Waals surface area contributed by atoms with Gasteiger partial charge in [-0.15, -0.1) is 0 Å². The Labute approximate surface area is 157 Å². The van der Waals surface area contributed by atoms with Crippen molar-refractivity contribution in [1.29, 1.82) is 0 Å². The van der Waals surface area contributed by atoms with Crippen LogP contribution in [-0.4, -0.2) is 31.2 Å². The van der Waals surface area contributed by atoms with Gasteiger partial charge in [-0.25, -0.2) is 4.79 Å². The molecule has 6 nitrogen and oxygen atoms in total. The van der Waals surface area contributed by atoms with Gasteiger partial charge >= 0.3 is 5.97 Å². The van der Waals surface area contributed by atoms with Gasteiger partial charge in [-0.1, -0.05) is 60.7 Å². The molecule has 1 N–H and O–H groups in total. The fourth-order valence-electron chi connectivity index (χ4n) is 2.66. The van der Waals surface area contributed by atoms with Gasteiger partial charge in [0.2, 0.25) is 5.76 Å². The number of hydrogen-bond donors (Lipinski definition) is 1. The lowest BCUT2D eigenvalue weighted by Gasteiger charge is -2.22. The number of benzene rings is 2. The summed E-state index contributed by atoms with van der Waals surface area (Å²) in [5.74, 6) is -1.17. The van der Waals surface area contributed by atoms with E-state index in [0.29, 0.717) is 6.61 Å². The first-order chi connectivity index (χ1) is 13.1. The highest BCUT2D eigenvalue weighted by molar-refractivity contribution is 5.90. The Hall–Kier alpha value is -3.28. The Morgan fingerprint density at radius 3 is 2.07 bits per heavy atom. The van der Waals surface area contributed by atoms with Crippen LogP contribution in [-0.2, 0) is 23.8 Å². The number of ether oxygens (including phenoxy) is 3. The lowest BCUT2D eigenvalue weighted by atomic mass is 9.98. The summed E-state index contributed by atoms with van der Waals surface area (Å²) in [5, 5.41) is 2.95. The molecular weight excluding hydrogens is 346 g/mol. The third kappa shape index (κ3) is 4.88. The normalized spacial score (nSPS) is 14.4. The van der Waals surface area contributed by atoms with Crippen molar-refractivity contribution >= 4 is 11.9 Å². The maximum absolute atomic E-state index is 12.6. The van der Waals surface area contributed by atoms with E-state index in [1.54, 1.807) is 0 Å². The highest BCUT2D eigenvalue weighted by atomic mass is 16.6. The molecule has 1 atom stereocenters. The van der Waals surface area contributed by atoms with Crippen LogP contribution >= 0.6 is 0 Å². The number of rotatable bonds is 6. The molecule has 140 valence electrons. The Kier molecular flexibility index (Phi) is 6.10. The lowest BCUT2D eigenvalue weighted by molar-refractivity contribution is -0.155. The summed E-state index contributed by atoms with van der Waals surface area (Å²) < 4.78 is 15.4. The van der Waals surface area contributed by atoms with Crippen molar-refractivity contribution in [2.75, 3.05) is 13.2 Å². The van der Waals surface area contributed by atoms with Crippen molar-refractivity contribution in [2.24, 2.45) is 0 Å². The largest absolute Gasteiger partial charge is 0.493 e. The Balaban J connectivity index is 1.70. The first kappa shape index (κ1) is 18.5. The molecule has 0 saturated heterocycles. The summed E-state index contributed by atoms with van der Waals surface area (Å²) in [6, 6.07) is 18.9. The lowest BCUT2D eigenvalue weighted by Crippen LogP contribution is -2.39. The van der Waals surface area contributed by atoms with Gasteiger partial charge in [-0.2, -0.15) is 0 Å². The predicted molar refractivity (Wildman–Crippen MR) is 98.4 cm³/mol. The van der Waals surface area contributed by atoms with E-state index in [0.717, 1.165) is 11.1 Å². The van der Waals surface area contributed by atoms with Crippen molar-refractivity contribution in [3.8, 4) is 0 Å². The summed E-state index contributed by atoms with van der Waals surface area (Å²) in [4.78, 5) is 24.7. The van der Waals surface area contributed by atoms with Crippen LogP contribution in [0.25, 0.3) is 0 Å². The maximum atomic E-state index is 12.6. The van der Waals surface area contributed by atoms with E-state index in [4.69, 9.17) is 14.2 Å². The van der Waals surface area contributed by atoms with Crippen LogP contribution in [0.5, 0.6) is 0 Å². The second kappa shape index (κ2) is 8.89. The van der Waals surface area contributed by atoms with E-state index in [2.05, 4.69) is 5.32 Å². The van der Waals surface area contributed by atoms with Crippen LogP contribution in [0.2, 0.25) is 0 Å². The van der Waals surface area contributed by atoms with E-state index in [1.807, 2.05) is 60.7 Å². The summed E-state index contributed by atoms with van der Waals surface area (Å²) >= 11 is 0. The number of carbonyl (C=O) groups is 2. The number of hydrogen-bond acceptors (Lipinski definition) is 5. The summed E-state index contributed by atoms with van der Waals surface area (Å²) in [6.07, 6.45) is 0.214. The first-order valence-corrected chi connectivity index (χ1v) is 8.71. The molecule has 0 fully saturated rings. The predicted octanol–water partition coefficient (Wildman–Crippen LogP) is 2.71. The fourth-order valence-corrected chi connectivity index (χ4v) is 2.66. The minimum atomic E-state index is -0.987. The average molecular weight is 367 g/mol. The fraction of sp³-hybridized carbons (Fsp3) is 0.238.